The fraction of sp³-hybridized carbons (Fsp3) is 0.150. The van der Waals surface area contributed by atoms with E-state index in [1.165, 1.54) is 17.6 Å². The van der Waals surface area contributed by atoms with Crippen LogP contribution >= 0.6 is 22.9 Å². The predicted octanol–water partition coefficient (Wildman–Crippen LogP) is 4.55. The van der Waals surface area contributed by atoms with Gasteiger partial charge in [-0.1, -0.05) is 23.7 Å². The van der Waals surface area contributed by atoms with Crippen molar-refractivity contribution in [2.45, 2.75) is 6.92 Å². The van der Waals surface area contributed by atoms with Crippen LogP contribution in [0.15, 0.2) is 47.6 Å². The molecule has 0 aliphatic heterocycles. The molecular formula is C20H18ClN3O3S. The first-order valence-electron chi connectivity index (χ1n) is 8.30. The molecule has 6 nitrogen and oxygen atoms in total. The van der Waals surface area contributed by atoms with Crippen LogP contribution in [-0.4, -0.2) is 31.3 Å². The quantitative estimate of drug-likeness (QED) is 0.473. The van der Waals surface area contributed by atoms with Gasteiger partial charge in [-0.05, 0) is 42.8 Å². The van der Waals surface area contributed by atoms with Crippen LogP contribution in [0.25, 0.3) is 10.6 Å². The first-order chi connectivity index (χ1) is 13.5. The third kappa shape index (κ3) is 4.49. The maximum Gasteiger partial charge on any atom is 0.283 e. The summed E-state index contributed by atoms with van der Waals surface area (Å²) in [7, 11) is 3.13. The number of rotatable bonds is 6. The van der Waals surface area contributed by atoms with Crippen molar-refractivity contribution in [2.75, 3.05) is 14.2 Å². The van der Waals surface area contributed by atoms with E-state index in [-0.39, 0.29) is 5.91 Å². The molecular weight excluding hydrogens is 398 g/mol. The van der Waals surface area contributed by atoms with E-state index in [0.717, 1.165) is 16.1 Å². The van der Waals surface area contributed by atoms with E-state index in [9.17, 15) is 4.79 Å². The fourth-order valence-corrected chi connectivity index (χ4v) is 3.56. The van der Waals surface area contributed by atoms with E-state index in [1.54, 1.807) is 45.4 Å². The molecule has 3 aromatic rings. The highest BCUT2D eigenvalue weighted by molar-refractivity contribution is 7.17. The van der Waals surface area contributed by atoms with Crippen LogP contribution in [0.1, 0.15) is 20.9 Å². The molecule has 8 heteroatoms. The number of nitrogens with zero attached hydrogens (tertiary/aromatic N) is 2. The first-order valence-corrected chi connectivity index (χ1v) is 9.50. The monoisotopic (exact) mass is 415 g/mol. The molecule has 2 aromatic carbocycles. The molecule has 0 saturated heterocycles. The topological polar surface area (TPSA) is 72.8 Å². The zero-order chi connectivity index (χ0) is 20.1. The molecule has 0 unspecified atom stereocenters. The maximum atomic E-state index is 12.5. The number of halogens is 1. The number of carbonyl (C=O) groups excluding carboxylic acids is 1. The lowest BCUT2D eigenvalue weighted by Gasteiger charge is -2.07. The molecule has 3 rings (SSSR count). The van der Waals surface area contributed by atoms with Crippen molar-refractivity contribution in [1.82, 2.24) is 10.4 Å². The molecule has 0 atom stereocenters. The summed E-state index contributed by atoms with van der Waals surface area (Å²) >= 11 is 7.23. The molecule has 1 heterocycles. The van der Waals surface area contributed by atoms with Gasteiger partial charge >= 0.3 is 0 Å². The van der Waals surface area contributed by atoms with Crippen molar-refractivity contribution in [2.24, 2.45) is 5.10 Å². The number of benzene rings is 2. The number of hydrogen-bond donors (Lipinski definition) is 1. The van der Waals surface area contributed by atoms with Crippen LogP contribution in [0.4, 0.5) is 0 Å². The summed E-state index contributed by atoms with van der Waals surface area (Å²) in [6, 6.07) is 12.7. The molecule has 0 fully saturated rings. The second-order valence-corrected chi connectivity index (χ2v) is 7.19. The minimum atomic E-state index is -0.313. The Hall–Kier alpha value is -2.90. The van der Waals surface area contributed by atoms with Gasteiger partial charge in [-0.3, -0.25) is 4.79 Å². The normalized spacial score (nSPS) is 10.9. The van der Waals surface area contributed by atoms with Crippen molar-refractivity contribution in [3.63, 3.8) is 0 Å². The molecule has 0 bridgehead atoms. The number of carbonyl (C=O) groups is 1. The average Bonchev–Trinajstić information content (AvgIpc) is 3.10. The Kier molecular flexibility index (Phi) is 6.28. The molecule has 144 valence electrons. The summed E-state index contributed by atoms with van der Waals surface area (Å²) in [5.74, 6) is 0.898. The van der Waals surface area contributed by atoms with Gasteiger partial charge in [0.15, 0.2) is 11.5 Å². The number of hydrogen-bond acceptors (Lipinski definition) is 6. The van der Waals surface area contributed by atoms with Gasteiger partial charge in [-0.2, -0.15) is 5.10 Å². The van der Waals surface area contributed by atoms with Crippen LogP contribution in [0.3, 0.4) is 0 Å². The minimum absolute atomic E-state index is 0.313. The van der Waals surface area contributed by atoms with E-state index >= 15 is 0 Å². The molecule has 1 aromatic heterocycles. The lowest BCUT2D eigenvalue weighted by Crippen LogP contribution is -2.17. The average molecular weight is 416 g/mol. The van der Waals surface area contributed by atoms with Crippen LogP contribution < -0.4 is 14.9 Å². The van der Waals surface area contributed by atoms with Crippen molar-refractivity contribution in [1.29, 1.82) is 0 Å². The van der Waals surface area contributed by atoms with E-state index in [0.29, 0.717) is 27.1 Å². The van der Waals surface area contributed by atoms with Gasteiger partial charge in [-0.25, -0.2) is 10.4 Å². The molecule has 28 heavy (non-hydrogen) atoms. The van der Waals surface area contributed by atoms with Gasteiger partial charge in [0, 0.05) is 10.6 Å². The van der Waals surface area contributed by atoms with Crippen LogP contribution in [0, 0.1) is 6.92 Å². The van der Waals surface area contributed by atoms with Gasteiger partial charge in [0.2, 0.25) is 0 Å². The molecule has 1 amide bonds. The SMILES string of the molecule is COc1ccc(/C=N/NC(=O)c2sc(-c3ccc(Cl)cc3)nc2C)cc1OC. The second kappa shape index (κ2) is 8.86. The van der Waals surface area contributed by atoms with Crippen LogP contribution in [-0.2, 0) is 0 Å². The number of nitrogens with one attached hydrogen (secondary N) is 1. The largest absolute Gasteiger partial charge is 0.493 e. The van der Waals surface area contributed by atoms with Gasteiger partial charge in [0.05, 0.1) is 26.1 Å². The smallest absolute Gasteiger partial charge is 0.283 e. The number of aryl methyl sites for hydroxylation is 1. The van der Waals surface area contributed by atoms with Crippen molar-refractivity contribution in [3.05, 3.63) is 63.6 Å². The van der Waals surface area contributed by atoms with E-state index < -0.39 is 0 Å². The Labute approximate surface area is 171 Å². The number of ether oxygens (including phenoxy) is 2. The maximum absolute atomic E-state index is 12.5. The number of amides is 1. The molecule has 0 spiro atoms. The Balaban J connectivity index is 1.71. The summed E-state index contributed by atoms with van der Waals surface area (Å²) < 4.78 is 10.5. The Morgan fingerprint density at radius 1 is 1.14 bits per heavy atom. The van der Waals surface area contributed by atoms with Crippen LogP contribution in [0.5, 0.6) is 11.5 Å². The van der Waals surface area contributed by atoms with E-state index in [4.69, 9.17) is 21.1 Å². The summed E-state index contributed by atoms with van der Waals surface area (Å²) in [5.41, 5.74) is 4.86. The fourth-order valence-electron chi connectivity index (χ4n) is 2.47. The zero-order valence-electron chi connectivity index (χ0n) is 15.5. The van der Waals surface area contributed by atoms with Crippen LogP contribution in [0.2, 0.25) is 5.02 Å². The lowest BCUT2D eigenvalue weighted by atomic mass is 10.2. The number of hydrazone groups is 1. The summed E-state index contributed by atoms with van der Waals surface area (Å²) in [6.45, 7) is 1.79. The molecule has 0 aliphatic carbocycles. The lowest BCUT2D eigenvalue weighted by molar-refractivity contribution is 0.0958. The van der Waals surface area contributed by atoms with Gasteiger partial charge in [0.25, 0.3) is 5.91 Å². The van der Waals surface area contributed by atoms with Crippen molar-refractivity contribution < 1.29 is 14.3 Å². The number of thiazole rings is 1. The molecule has 0 aliphatic rings. The highest BCUT2D eigenvalue weighted by Crippen LogP contribution is 2.29. The zero-order valence-corrected chi connectivity index (χ0v) is 17.1. The van der Waals surface area contributed by atoms with Gasteiger partial charge in [-0.15, -0.1) is 11.3 Å². The minimum Gasteiger partial charge on any atom is -0.493 e. The molecule has 0 radical (unpaired) electrons. The van der Waals surface area contributed by atoms with Crippen molar-refractivity contribution in [3.8, 4) is 22.1 Å². The third-order valence-electron chi connectivity index (χ3n) is 3.88. The summed E-state index contributed by atoms with van der Waals surface area (Å²) in [5, 5.41) is 5.43. The predicted molar refractivity (Wildman–Crippen MR) is 112 cm³/mol. The Bertz CT molecular complexity index is 1020. The molecule has 1 N–H and O–H groups in total. The van der Waals surface area contributed by atoms with Gasteiger partial charge in [0.1, 0.15) is 9.88 Å². The van der Waals surface area contributed by atoms with E-state index in [1.807, 2.05) is 18.2 Å². The van der Waals surface area contributed by atoms with E-state index in [2.05, 4.69) is 15.5 Å². The van der Waals surface area contributed by atoms with Gasteiger partial charge < -0.3 is 9.47 Å². The molecule has 0 saturated carbocycles. The summed E-state index contributed by atoms with van der Waals surface area (Å²) in [4.78, 5) is 17.4. The third-order valence-corrected chi connectivity index (χ3v) is 5.34. The Morgan fingerprint density at radius 2 is 1.86 bits per heavy atom. The second-order valence-electron chi connectivity index (χ2n) is 5.75. The standard InChI is InChI=1S/C20H18ClN3O3S/c1-12-18(28-20(23-12)14-5-7-15(21)8-6-14)19(25)24-22-11-13-4-9-16(26-2)17(10-13)27-3/h4-11H,1-3H3,(H,24,25)/b22-11+. The highest BCUT2D eigenvalue weighted by atomic mass is 35.5. The Morgan fingerprint density at radius 3 is 2.54 bits per heavy atom. The van der Waals surface area contributed by atoms with Crippen molar-refractivity contribution >= 4 is 35.1 Å². The number of methoxy groups -OCH3 is 2. The highest BCUT2D eigenvalue weighted by Gasteiger charge is 2.15. The first kappa shape index (κ1) is 19.9. The summed E-state index contributed by atoms with van der Waals surface area (Å²) in [6.07, 6.45) is 1.54. The number of aromatic nitrogens is 1.